The Labute approximate surface area is 154 Å². The zero-order valence-corrected chi connectivity index (χ0v) is 15.4. The first-order chi connectivity index (χ1) is 12.5. The van der Waals surface area contributed by atoms with Gasteiger partial charge in [-0.1, -0.05) is 48.0 Å². The predicted octanol–water partition coefficient (Wildman–Crippen LogP) is 2.63. The minimum atomic E-state index is -0.419. The molecule has 5 nitrogen and oxygen atoms in total. The normalized spacial score (nSPS) is 10.4. The lowest BCUT2D eigenvalue weighted by Crippen LogP contribution is -2.38. The molecule has 2 aromatic carbocycles. The third kappa shape index (κ3) is 6.24. The lowest BCUT2D eigenvalue weighted by atomic mass is 10.1. The van der Waals surface area contributed by atoms with Gasteiger partial charge in [-0.05, 0) is 37.5 Å². The van der Waals surface area contributed by atoms with Gasteiger partial charge in [0.15, 0.2) is 6.61 Å². The summed E-state index contributed by atoms with van der Waals surface area (Å²) in [6, 6.07) is 15.8. The van der Waals surface area contributed by atoms with E-state index < -0.39 is 5.91 Å². The van der Waals surface area contributed by atoms with Crippen molar-refractivity contribution in [2.45, 2.75) is 26.7 Å². The summed E-state index contributed by atoms with van der Waals surface area (Å²) in [5, 5.41) is 0. The third-order valence-electron chi connectivity index (χ3n) is 4.18. The number of hydrogen-bond donors (Lipinski definition) is 1. The van der Waals surface area contributed by atoms with Gasteiger partial charge in [0, 0.05) is 19.5 Å². The van der Waals surface area contributed by atoms with Crippen LogP contribution in [0.4, 0.5) is 0 Å². The second-order valence-corrected chi connectivity index (χ2v) is 6.39. The van der Waals surface area contributed by atoms with Crippen LogP contribution in [0.3, 0.4) is 0 Å². The van der Waals surface area contributed by atoms with Crippen molar-refractivity contribution in [2.24, 2.45) is 5.73 Å². The number of primary amides is 1. The van der Waals surface area contributed by atoms with E-state index in [-0.39, 0.29) is 18.9 Å². The summed E-state index contributed by atoms with van der Waals surface area (Å²) in [5.41, 5.74) is 8.51. The van der Waals surface area contributed by atoms with Crippen LogP contribution in [-0.2, 0) is 16.0 Å². The second-order valence-electron chi connectivity index (χ2n) is 6.39. The molecule has 0 heterocycles. The first-order valence-electron chi connectivity index (χ1n) is 8.76. The number of nitrogens with zero attached hydrogens (tertiary/aromatic N) is 1. The number of carbonyl (C=O) groups is 2. The molecule has 2 rings (SSSR count). The Kier molecular flexibility index (Phi) is 7.21. The molecule has 26 heavy (non-hydrogen) atoms. The van der Waals surface area contributed by atoms with E-state index in [1.165, 1.54) is 0 Å². The highest BCUT2D eigenvalue weighted by molar-refractivity contribution is 5.79. The molecule has 0 unspecified atom stereocenters. The average Bonchev–Trinajstić information content (AvgIpc) is 2.61. The van der Waals surface area contributed by atoms with Crippen molar-refractivity contribution < 1.29 is 14.3 Å². The first-order valence-corrected chi connectivity index (χ1v) is 8.76. The summed E-state index contributed by atoms with van der Waals surface area (Å²) in [6.07, 6.45) is 0.860. The highest BCUT2D eigenvalue weighted by Gasteiger charge is 2.15. The van der Waals surface area contributed by atoms with E-state index in [4.69, 9.17) is 10.5 Å². The van der Waals surface area contributed by atoms with Gasteiger partial charge < -0.3 is 15.4 Å². The standard InChI is InChI=1S/C21H26N2O3/c1-16-8-9-19(17(2)14-16)26-15-21(25)23(13-11-20(22)24)12-10-18-6-4-3-5-7-18/h3-9,14H,10-13,15H2,1-2H3,(H2,22,24). The minimum Gasteiger partial charge on any atom is -0.484 e. The number of benzene rings is 2. The highest BCUT2D eigenvalue weighted by atomic mass is 16.5. The summed E-state index contributed by atoms with van der Waals surface area (Å²) in [5.74, 6) is 0.127. The van der Waals surface area contributed by atoms with E-state index in [9.17, 15) is 9.59 Å². The Hall–Kier alpha value is -2.82. The monoisotopic (exact) mass is 354 g/mol. The van der Waals surface area contributed by atoms with Gasteiger partial charge >= 0.3 is 0 Å². The molecule has 0 spiro atoms. The second kappa shape index (κ2) is 9.61. The van der Waals surface area contributed by atoms with E-state index in [0.29, 0.717) is 18.8 Å². The van der Waals surface area contributed by atoms with Crippen LogP contribution >= 0.6 is 0 Å². The van der Waals surface area contributed by atoms with E-state index >= 15 is 0 Å². The molecule has 2 aromatic rings. The molecule has 0 radical (unpaired) electrons. The Morgan fingerprint density at radius 1 is 1.04 bits per heavy atom. The van der Waals surface area contributed by atoms with Crippen molar-refractivity contribution in [1.29, 1.82) is 0 Å². The van der Waals surface area contributed by atoms with E-state index in [2.05, 4.69) is 0 Å². The Morgan fingerprint density at radius 2 is 1.77 bits per heavy atom. The van der Waals surface area contributed by atoms with Crippen LogP contribution in [0.5, 0.6) is 5.75 Å². The SMILES string of the molecule is Cc1ccc(OCC(=O)N(CCC(N)=O)CCc2ccccc2)c(C)c1. The molecule has 0 aliphatic heterocycles. The molecule has 0 fully saturated rings. The number of rotatable bonds is 9. The Bertz CT molecular complexity index is 744. The third-order valence-corrected chi connectivity index (χ3v) is 4.18. The van der Waals surface area contributed by atoms with Gasteiger partial charge in [0.25, 0.3) is 5.91 Å². The van der Waals surface area contributed by atoms with Crippen molar-refractivity contribution >= 4 is 11.8 Å². The Morgan fingerprint density at radius 3 is 2.42 bits per heavy atom. The van der Waals surface area contributed by atoms with Gasteiger partial charge in [-0.2, -0.15) is 0 Å². The van der Waals surface area contributed by atoms with E-state index in [0.717, 1.165) is 23.1 Å². The van der Waals surface area contributed by atoms with Gasteiger partial charge in [-0.3, -0.25) is 9.59 Å². The van der Waals surface area contributed by atoms with Crippen molar-refractivity contribution in [3.8, 4) is 5.75 Å². The van der Waals surface area contributed by atoms with Crippen LogP contribution < -0.4 is 10.5 Å². The van der Waals surface area contributed by atoms with Crippen LogP contribution in [0.15, 0.2) is 48.5 Å². The summed E-state index contributed by atoms with van der Waals surface area (Å²) in [4.78, 5) is 25.3. The Balaban J connectivity index is 1.96. The number of carbonyl (C=O) groups excluding carboxylic acids is 2. The predicted molar refractivity (Wildman–Crippen MR) is 102 cm³/mol. The summed E-state index contributed by atoms with van der Waals surface area (Å²) in [7, 11) is 0. The summed E-state index contributed by atoms with van der Waals surface area (Å²) < 4.78 is 5.69. The fourth-order valence-electron chi connectivity index (χ4n) is 2.71. The molecule has 0 saturated heterocycles. The maximum absolute atomic E-state index is 12.6. The maximum Gasteiger partial charge on any atom is 0.260 e. The fraction of sp³-hybridized carbons (Fsp3) is 0.333. The zero-order valence-electron chi connectivity index (χ0n) is 15.4. The molecular weight excluding hydrogens is 328 g/mol. The number of nitrogens with two attached hydrogens (primary N) is 1. The maximum atomic E-state index is 12.6. The lowest BCUT2D eigenvalue weighted by molar-refractivity contribution is -0.133. The van der Waals surface area contributed by atoms with Crippen molar-refractivity contribution in [3.63, 3.8) is 0 Å². The molecule has 5 heteroatoms. The van der Waals surface area contributed by atoms with Crippen LogP contribution in [-0.4, -0.2) is 36.4 Å². The fourth-order valence-corrected chi connectivity index (χ4v) is 2.71. The van der Waals surface area contributed by atoms with Crippen molar-refractivity contribution in [1.82, 2.24) is 4.90 Å². The van der Waals surface area contributed by atoms with Crippen LogP contribution in [0.25, 0.3) is 0 Å². The number of amides is 2. The molecule has 2 N–H and O–H groups in total. The first kappa shape index (κ1) is 19.5. The van der Waals surface area contributed by atoms with E-state index in [1.807, 2.05) is 62.4 Å². The topological polar surface area (TPSA) is 72.6 Å². The molecule has 2 amide bonds. The highest BCUT2D eigenvalue weighted by Crippen LogP contribution is 2.18. The molecule has 0 saturated carbocycles. The van der Waals surface area contributed by atoms with Gasteiger partial charge in [-0.25, -0.2) is 0 Å². The average molecular weight is 354 g/mol. The summed E-state index contributed by atoms with van der Waals surface area (Å²) in [6.45, 7) is 4.73. The molecule has 0 bridgehead atoms. The van der Waals surface area contributed by atoms with Crippen LogP contribution in [0.2, 0.25) is 0 Å². The molecule has 0 aliphatic rings. The molecule has 0 aromatic heterocycles. The largest absolute Gasteiger partial charge is 0.484 e. The number of aryl methyl sites for hydroxylation is 2. The quantitative estimate of drug-likeness (QED) is 0.752. The van der Waals surface area contributed by atoms with Gasteiger partial charge in [0.05, 0.1) is 0 Å². The van der Waals surface area contributed by atoms with Gasteiger partial charge in [-0.15, -0.1) is 0 Å². The van der Waals surface area contributed by atoms with Crippen molar-refractivity contribution in [2.75, 3.05) is 19.7 Å². The van der Waals surface area contributed by atoms with Crippen molar-refractivity contribution in [3.05, 3.63) is 65.2 Å². The molecule has 0 atom stereocenters. The number of hydrogen-bond acceptors (Lipinski definition) is 3. The summed E-state index contributed by atoms with van der Waals surface area (Å²) >= 11 is 0. The zero-order chi connectivity index (χ0) is 18.9. The molecule has 0 aliphatic carbocycles. The smallest absolute Gasteiger partial charge is 0.260 e. The molecular formula is C21H26N2O3. The van der Waals surface area contributed by atoms with Gasteiger partial charge in [0.1, 0.15) is 5.75 Å². The van der Waals surface area contributed by atoms with Crippen LogP contribution in [0.1, 0.15) is 23.1 Å². The van der Waals surface area contributed by atoms with Gasteiger partial charge in [0.2, 0.25) is 5.91 Å². The number of ether oxygens (including phenoxy) is 1. The molecule has 138 valence electrons. The van der Waals surface area contributed by atoms with E-state index in [1.54, 1.807) is 4.90 Å². The van der Waals surface area contributed by atoms with Crippen LogP contribution in [0, 0.1) is 13.8 Å². The minimum absolute atomic E-state index is 0.0581. The lowest BCUT2D eigenvalue weighted by Gasteiger charge is -2.22.